The van der Waals surface area contributed by atoms with Gasteiger partial charge in [0.05, 0.1) is 13.2 Å². The lowest BCUT2D eigenvalue weighted by Crippen LogP contribution is -2.18. The molecule has 0 spiro atoms. The third-order valence-electron chi connectivity index (χ3n) is 2.87. The zero-order chi connectivity index (χ0) is 14.7. The first-order valence-corrected chi connectivity index (χ1v) is 6.63. The molecule has 0 bridgehead atoms. The SMILES string of the molecule is CNC(c1ccc(C(=O)OC)o1)c1c(Cl)cccc1Cl. The molecule has 2 rings (SSSR count). The number of halogens is 2. The predicted molar refractivity (Wildman–Crippen MR) is 77.4 cm³/mol. The summed E-state index contributed by atoms with van der Waals surface area (Å²) in [6.45, 7) is 0. The van der Waals surface area contributed by atoms with E-state index in [0.717, 1.165) is 0 Å². The number of esters is 1. The van der Waals surface area contributed by atoms with Crippen LogP contribution in [-0.4, -0.2) is 20.1 Å². The number of hydrogen-bond acceptors (Lipinski definition) is 4. The maximum absolute atomic E-state index is 11.4. The predicted octanol–water partition coefficient (Wildman–Crippen LogP) is 3.68. The van der Waals surface area contributed by atoms with Gasteiger partial charge >= 0.3 is 5.97 Å². The van der Waals surface area contributed by atoms with Crippen molar-refractivity contribution in [3.63, 3.8) is 0 Å². The Hall–Kier alpha value is -1.49. The van der Waals surface area contributed by atoms with Gasteiger partial charge in [-0.1, -0.05) is 29.3 Å². The van der Waals surface area contributed by atoms with Gasteiger partial charge in [-0.15, -0.1) is 0 Å². The van der Waals surface area contributed by atoms with Crippen molar-refractivity contribution in [2.75, 3.05) is 14.2 Å². The summed E-state index contributed by atoms with van der Waals surface area (Å²) in [5, 5.41) is 4.11. The van der Waals surface area contributed by atoms with E-state index < -0.39 is 5.97 Å². The summed E-state index contributed by atoms with van der Waals surface area (Å²) in [6.07, 6.45) is 0. The van der Waals surface area contributed by atoms with Crippen LogP contribution >= 0.6 is 23.2 Å². The van der Waals surface area contributed by atoms with Crippen molar-refractivity contribution in [2.24, 2.45) is 0 Å². The van der Waals surface area contributed by atoms with E-state index in [9.17, 15) is 4.79 Å². The van der Waals surface area contributed by atoms with Crippen LogP contribution in [0.4, 0.5) is 0 Å². The molecule has 1 heterocycles. The standard InChI is InChI=1S/C14H13Cl2NO3/c1-17-13(12-8(15)4-3-5-9(12)16)10-6-7-11(20-10)14(18)19-2/h3-7,13,17H,1-2H3. The van der Waals surface area contributed by atoms with Crippen molar-refractivity contribution >= 4 is 29.2 Å². The average molecular weight is 314 g/mol. The number of nitrogens with one attached hydrogen (secondary N) is 1. The molecule has 106 valence electrons. The van der Waals surface area contributed by atoms with Gasteiger partial charge in [-0.05, 0) is 31.3 Å². The van der Waals surface area contributed by atoms with E-state index in [-0.39, 0.29) is 11.8 Å². The first-order valence-electron chi connectivity index (χ1n) is 5.87. The third-order valence-corrected chi connectivity index (χ3v) is 3.53. The number of carbonyl (C=O) groups excluding carboxylic acids is 1. The van der Waals surface area contributed by atoms with Gasteiger partial charge in [-0.3, -0.25) is 0 Å². The molecule has 1 aromatic heterocycles. The summed E-state index contributed by atoms with van der Waals surface area (Å²) in [5.74, 6) is 0.130. The Balaban J connectivity index is 2.42. The molecule has 6 heteroatoms. The minimum absolute atomic E-state index is 0.130. The molecule has 2 aromatic rings. The normalized spacial score (nSPS) is 12.2. The zero-order valence-electron chi connectivity index (χ0n) is 10.9. The van der Waals surface area contributed by atoms with Crippen LogP contribution in [0, 0.1) is 0 Å². The minimum Gasteiger partial charge on any atom is -0.463 e. The fourth-order valence-corrected chi connectivity index (χ4v) is 2.55. The first kappa shape index (κ1) is 14.9. The number of hydrogen-bond donors (Lipinski definition) is 1. The largest absolute Gasteiger partial charge is 0.463 e. The average Bonchev–Trinajstić information content (AvgIpc) is 2.91. The Labute approximate surface area is 126 Å². The Morgan fingerprint density at radius 3 is 2.45 bits per heavy atom. The Kier molecular flexibility index (Phi) is 4.70. The number of furan rings is 1. The van der Waals surface area contributed by atoms with Gasteiger partial charge in [-0.2, -0.15) is 0 Å². The summed E-state index contributed by atoms with van der Waals surface area (Å²) in [4.78, 5) is 11.4. The molecule has 20 heavy (non-hydrogen) atoms. The number of carbonyl (C=O) groups is 1. The molecule has 0 aliphatic rings. The van der Waals surface area contributed by atoms with Crippen LogP contribution in [-0.2, 0) is 4.74 Å². The third kappa shape index (κ3) is 2.82. The summed E-state index contributed by atoms with van der Waals surface area (Å²) < 4.78 is 10.1. The van der Waals surface area contributed by atoms with Gasteiger partial charge in [-0.25, -0.2) is 4.79 Å². The van der Waals surface area contributed by atoms with E-state index in [1.165, 1.54) is 7.11 Å². The summed E-state index contributed by atoms with van der Waals surface area (Å²) in [5.41, 5.74) is 0.698. The second-order valence-corrected chi connectivity index (χ2v) is 4.87. The van der Waals surface area contributed by atoms with Gasteiger partial charge in [0, 0.05) is 15.6 Å². The second kappa shape index (κ2) is 6.31. The Morgan fingerprint density at radius 1 is 1.25 bits per heavy atom. The molecule has 0 saturated heterocycles. The number of benzene rings is 1. The summed E-state index contributed by atoms with van der Waals surface area (Å²) >= 11 is 12.4. The van der Waals surface area contributed by atoms with Crippen LogP contribution in [0.2, 0.25) is 10.0 Å². The minimum atomic E-state index is -0.531. The van der Waals surface area contributed by atoms with Crippen LogP contribution in [0.15, 0.2) is 34.7 Å². The molecule has 0 saturated carbocycles. The van der Waals surface area contributed by atoms with Crippen LogP contribution < -0.4 is 5.32 Å². The fraction of sp³-hybridized carbons (Fsp3) is 0.214. The van der Waals surface area contributed by atoms with Crippen molar-refractivity contribution in [3.05, 3.63) is 57.5 Å². The van der Waals surface area contributed by atoms with Crippen molar-refractivity contribution in [1.82, 2.24) is 5.32 Å². The highest BCUT2D eigenvalue weighted by atomic mass is 35.5. The lowest BCUT2D eigenvalue weighted by molar-refractivity contribution is 0.0562. The summed E-state index contributed by atoms with van der Waals surface area (Å²) in [7, 11) is 3.05. The molecule has 4 nitrogen and oxygen atoms in total. The molecule has 1 aromatic carbocycles. The van der Waals surface area contributed by atoms with Gasteiger partial charge in [0.15, 0.2) is 0 Å². The van der Waals surface area contributed by atoms with Gasteiger partial charge in [0.25, 0.3) is 0 Å². The maximum atomic E-state index is 11.4. The highest BCUT2D eigenvalue weighted by Gasteiger charge is 2.23. The van der Waals surface area contributed by atoms with E-state index in [1.54, 1.807) is 37.4 Å². The van der Waals surface area contributed by atoms with E-state index in [2.05, 4.69) is 10.1 Å². The lowest BCUT2D eigenvalue weighted by Gasteiger charge is -2.17. The number of ether oxygens (including phenoxy) is 1. The van der Waals surface area contributed by atoms with Gasteiger partial charge in [0.2, 0.25) is 5.76 Å². The molecule has 0 aliphatic heterocycles. The van der Waals surface area contributed by atoms with Crippen LogP contribution in [0.25, 0.3) is 0 Å². The van der Waals surface area contributed by atoms with Crippen molar-refractivity contribution in [1.29, 1.82) is 0 Å². The molecule has 0 fully saturated rings. The molecular weight excluding hydrogens is 301 g/mol. The van der Waals surface area contributed by atoms with E-state index >= 15 is 0 Å². The topological polar surface area (TPSA) is 51.5 Å². The van der Waals surface area contributed by atoms with Crippen molar-refractivity contribution < 1.29 is 13.9 Å². The van der Waals surface area contributed by atoms with Crippen molar-refractivity contribution in [2.45, 2.75) is 6.04 Å². The van der Waals surface area contributed by atoms with Gasteiger partial charge < -0.3 is 14.5 Å². The van der Waals surface area contributed by atoms with E-state index in [4.69, 9.17) is 27.6 Å². The molecular formula is C14H13Cl2NO3. The second-order valence-electron chi connectivity index (χ2n) is 4.05. The lowest BCUT2D eigenvalue weighted by atomic mass is 10.0. The Morgan fingerprint density at radius 2 is 1.90 bits per heavy atom. The van der Waals surface area contributed by atoms with E-state index in [0.29, 0.717) is 21.4 Å². The highest BCUT2D eigenvalue weighted by Crippen LogP contribution is 2.34. The number of rotatable bonds is 4. The quantitative estimate of drug-likeness (QED) is 0.875. The smallest absolute Gasteiger partial charge is 0.373 e. The molecule has 0 radical (unpaired) electrons. The van der Waals surface area contributed by atoms with Crippen molar-refractivity contribution in [3.8, 4) is 0 Å². The van der Waals surface area contributed by atoms with Crippen LogP contribution in [0.3, 0.4) is 0 Å². The van der Waals surface area contributed by atoms with Crippen LogP contribution in [0.5, 0.6) is 0 Å². The Bertz CT molecular complexity index is 604. The fourth-order valence-electron chi connectivity index (χ4n) is 1.93. The monoisotopic (exact) mass is 313 g/mol. The molecule has 1 unspecified atom stereocenters. The first-order chi connectivity index (χ1) is 9.58. The zero-order valence-corrected chi connectivity index (χ0v) is 12.5. The molecule has 1 atom stereocenters. The number of methoxy groups -OCH3 is 1. The maximum Gasteiger partial charge on any atom is 0.373 e. The van der Waals surface area contributed by atoms with Crippen LogP contribution in [0.1, 0.15) is 27.9 Å². The molecule has 0 amide bonds. The summed E-state index contributed by atoms with van der Waals surface area (Å²) in [6, 6.07) is 8.15. The molecule has 0 aliphatic carbocycles. The van der Waals surface area contributed by atoms with E-state index in [1.807, 2.05) is 0 Å². The highest BCUT2D eigenvalue weighted by molar-refractivity contribution is 6.36. The molecule has 1 N–H and O–H groups in total. The van der Waals surface area contributed by atoms with Gasteiger partial charge in [0.1, 0.15) is 5.76 Å².